The van der Waals surface area contributed by atoms with Crippen molar-refractivity contribution >= 4 is 17.7 Å². The zero-order valence-corrected chi connectivity index (χ0v) is 19.9. The number of thioether (sulfide) groups is 1. The Morgan fingerprint density at radius 1 is 1.19 bits per heavy atom. The molecule has 1 aromatic heterocycles. The fourth-order valence-electron chi connectivity index (χ4n) is 3.88. The summed E-state index contributed by atoms with van der Waals surface area (Å²) in [5, 5.41) is 12.6. The number of aromatic nitrogens is 3. The summed E-state index contributed by atoms with van der Waals surface area (Å²) in [6.45, 7) is 8.43. The van der Waals surface area contributed by atoms with Crippen molar-refractivity contribution in [2.45, 2.75) is 77.6 Å². The van der Waals surface area contributed by atoms with Crippen molar-refractivity contribution in [2.75, 3.05) is 12.3 Å². The number of carbonyl (C=O) groups excluding carboxylic acids is 1. The Hall–Kier alpha value is -2.02. The lowest BCUT2D eigenvalue weighted by Crippen LogP contribution is -2.31. The summed E-state index contributed by atoms with van der Waals surface area (Å²) in [6, 6.07) is 8.16. The van der Waals surface area contributed by atoms with Gasteiger partial charge in [-0.1, -0.05) is 63.9 Å². The van der Waals surface area contributed by atoms with Crippen LogP contribution >= 0.6 is 11.8 Å². The van der Waals surface area contributed by atoms with Crippen LogP contribution < -0.4 is 10.1 Å². The number of rotatable bonds is 11. The Balaban J connectivity index is 1.54. The summed E-state index contributed by atoms with van der Waals surface area (Å²) in [5.74, 6) is 3.14. The van der Waals surface area contributed by atoms with Crippen LogP contribution in [-0.4, -0.2) is 33.0 Å². The second kappa shape index (κ2) is 12.1. The van der Waals surface area contributed by atoms with Gasteiger partial charge in [0.2, 0.25) is 5.91 Å². The number of nitrogens with one attached hydrogen (secondary N) is 1. The molecule has 1 aliphatic carbocycles. The molecule has 0 aliphatic heterocycles. The minimum Gasteiger partial charge on any atom is -0.486 e. The molecule has 0 atom stereocenters. The fraction of sp³-hybridized carbons (Fsp3) is 0.625. The van der Waals surface area contributed by atoms with Crippen molar-refractivity contribution in [2.24, 2.45) is 11.8 Å². The van der Waals surface area contributed by atoms with Crippen molar-refractivity contribution in [3.63, 3.8) is 0 Å². The van der Waals surface area contributed by atoms with E-state index in [-0.39, 0.29) is 5.91 Å². The molecule has 1 N–H and O–H groups in total. The molecule has 1 fully saturated rings. The average Bonchev–Trinajstić information content (AvgIpc) is 3.16. The van der Waals surface area contributed by atoms with E-state index in [0.29, 0.717) is 24.2 Å². The van der Waals surface area contributed by atoms with Gasteiger partial charge in [-0.15, -0.1) is 10.2 Å². The van der Waals surface area contributed by atoms with Gasteiger partial charge in [0, 0.05) is 13.1 Å². The van der Waals surface area contributed by atoms with Crippen molar-refractivity contribution in [3.8, 4) is 5.75 Å². The molecule has 0 spiro atoms. The second-order valence-electron chi connectivity index (χ2n) is 8.79. The number of hydrogen-bond donors (Lipinski definition) is 1. The maximum Gasteiger partial charge on any atom is 0.230 e. The van der Waals surface area contributed by atoms with Crippen LogP contribution in [0.5, 0.6) is 5.75 Å². The zero-order valence-electron chi connectivity index (χ0n) is 19.1. The maximum atomic E-state index is 12.3. The van der Waals surface area contributed by atoms with Crippen LogP contribution in [0.4, 0.5) is 0 Å². The van der Waals surface area contributed by atoms with Gasteiger partial charge in [0.25, 0.3) is 0 Å². The Morgan fingerprint density at radius 3 is 2.61 bits per heavy atom. The largest absolute Gasteiger partial charge is 0.486 e. The molecule has 6 nitrogen and oxygen atoms in total. The molecule has 1 aromatic carbocycles. The molecule has 31 heavy (non-hydrogen) atoms. The van der Waals surface area contributed by atoms with Crippen LogP contribution in [-0.2, 0) is 24.4 Å². The number of hydrogen-bond acceptors (Lipinski definition) is 5. The molecular weight excluding hydrogens is 408 g/mol. The van der Waals surface area contributed by atoms with Crippen LogP contribution in [0.1, 0.15) is 64.3 Å². The van der Waals surface area contributed by atoms with Gasteiger partial charge < -0.3 is 14.6 Å². The van der Waals surface area contributed by atoms with Crippen LogP contribution in [0.15, 0.2) is 29.4 Å². The van der Waals surface area contributed by atoms with E-state index in [1.165, 1.54) is 49.4 Å². The van der Waals surface area contributed by atoms with Gasteiger partial charge in [0.1, 0.15) is 12.4 Å². The SMILES string of the molecule is CCc1ccc(OCc2nnc(SCC(=O)NCC3CCCCC3)n2CC(C)C)cc1. The summed E-state index contributed by atoms with van der Waals surface area (Å²) in [5.41, 5.74) is 1.29. The Labute approximate surface area is 190 Å². The van der Waals surface area contributed by atoms with E-state index in [9.17, 15) is 4.79 Å². The Bertz CT molecular complexity index is 813. The monoisotopic (exact) mass is 444 g/mol. The van der Waals surface area contributed by atoms with Gasteiger partial charge in [-0.3, -0.25) is 4.79 Å². The fourth-order valence-corrected chi connectivity index (χ4v) is 4.68. The van der Waals surface area contributed by atoms with Gasteiger partial charge in [-0.25, -0.2) is 0 Å². The summed E-state index contributed by atoms with van der Waals surface area (Å²) in [6.07, 6.45) is 7.41. The molecule has 7 heteroatoms. The first kappa shape index (κ1) is 23.6. The van der Waals surface area contributed by atoms with Crippen LogP contribution in [0.25, 0.3) is 0 Å². The van der Waals surface area contributed by atoms with Gasteiger partial charge in [-0.05, 0) is 48.8 Å². The van der Waals surface area contributed by atoms with Crippen molar-refractivity contribution in [3.05, 3.63) is 35.7 Å². The lowest BCUT2D eigenvalue weighted by Gasteiger charge is -2.21. The Morgan fingerprint density at radius 2 is 1.94 bits per heavy atom. The third-order valence-corrected chi connectivity index (χ3v) is 6.65. The molecule has 2 aromatic rings. The number of nitrogens with zero attached hydrogens (tertiary/aromatic N) is 3. The molecule has 0 saturated heterocycles. The molecule has 0 radical (unpaired) electrons. The molecular formula is C24H36N4O2S. The number of aryl methyl sites for hydroxylation is 1. The zero-order chi connectivity index (χ0) is 22.1. The molecule has 0 unspecified atom stereocenters. The molecule has 1 heterocycles. The highest BCUT2D eigenvalue weighted by molar-refractivity contribution is 7.99. The summed E-state index contributed by atoms with van der Waals surface area (Å²) in [4.78, 5) is 12.3. The third-order valence-electron chi connectivity index (χ3n) is 5.69. The quantitative estimate of drug-likeness (QED) is 0.501. The molecule has 170 valence electrons. The maximum absolute atomic E-state index is 12.3. The lowest BCUT2D eigenvalue weighted by atomic mass is 9.89. The first-order chi connectivity index (χ1) is 15.0. The molecule has 1 amide bonds. The number of benzene rings is 1. The first-order valence-corrected chi connectivity index (χ1v) is 12.6. The molecule has 3 rings (SSSR count). The van der Waals surface area contributed by atoms with E-state index >= 15 is 0 Å². The van der Waals surface area contributed by atoms with E-state index in [2.05, 4.69) is 53.0 Å². The van der Waals surface area contributed by atoms with E-state index in [0.717, 1.165) is 36.2 Å². The van der Waals surface area contributed by atoms with Gasteiger partial charge in [0.05, 0.1) is 5.75 Å². The molecule has 1 aliphatic rings. The minimum atomic E-state index is 0.0727. The minimum absolute atomic E-state index is 0.0727. The van der Waals surface area contributed by atoms with Crippen molar-refractivity contribution in [1.82, 2.24) is 20.1 Å². The molecule has 1 saturated carbocycles. The summed E-state index contributed by atoms with van der Waals surface area (Å²) >= 11 is 1.45. The number of ether oxygens (including phenoxy) is 1. The number of amides is 1. The van der Waals surface area contributed by atoms with E-state index in [1.54, 1.807) is 0 Å². The van der Waals surface area contributed by atoms with Crippen LogP contribution in [0.3, 0.4) is 0 Å². The summed E-state index contributed by atoms with van der Waals surface area (Å²) in [7, 11) is 0. The van der Waals surface area contributed by atoms with Crippen LogP contribution in [0, 0.1) is 11.8 Å². The summed E-state index contributed by atoms with van der Waals surface area (Å²) < 4.78 is 8.03. The topological polar surface area (TPSA) is 69.0 Å². The predicted molar refractivity (Wildman–Crippen MR) is 125 cm³/mol. The van der Waals surface area contributed by atoms with Crippen molar-refractivity contribution < 1.29 is 9.53 Å². The van der Waals surface area contributed by atoms with E-state index in [1.807, 2.05) is 12.1 Å². The number of carbonyl (C=O) groups is 1. The van der Waals surface area contributed by atoms with Crippen LogP contribution in [0.2, 0.25) is 0 Å². The van der Waals surface area contributed by atoms with E-state index in [4.69, 9.17) is 4.74 Å². The lowest BCUT2D eigenvalue weighted by molar-refractivity contribution is -0.118. The standard InChI is InChI=1S/C24H36N4O2S/c1-4-19-10-12-21(13-11-19)30-16-22-26-27-24(28(22)15-18(2)3)31-17-23(29)25-14-20-8-6-5-7-9-20/h10-13,18,20H,4-9,14-17H2,1-3H3,(H,25,29). The van der Waals surface area contributed by atoms with Crippen molar-refractivity contribution in [1.29, 1.82) is 0 Å². The van der Waals surface area contributed by atoms with Gasteiger partial charge in [0.15, 0.2) is 11.0 Å². The normalized spacial score (nSPS) is 14.7. The average molecular weight is 445 g/mol. The smallest absolute Gasteiger partial charge is 0.230 e. The first-order valence-electron chi connectivity index (χ1n) is 11.6. The highest BCUT2D eigenvalue weighted by Gasteiger charge is 2.17. The second-order valence-corrected chi connectivity index (χ2v) is 9.73. The van der Waals surface area contributed by atoms with Gasteiger partial charge >= 0.3 is 0 Å². The highest BCUT2D eigenvalue weighted by Crippen LogP contribution is 2.23. The predicted octanol–water partition coefficient (Wildman–Crippen LogP) is 4.86. The third kappa shape index (κ3) is 7.56. The van der Waals surface area contributed by atoms with Gasteiger partial charge in [-0.2, -0.15) is 0 Å². The Kier molecular flexibility index (Phi) is 9.25. The van der Waals surface area contributed by atoms with E-state index < -0.39 is 0 Å². The highest BCUT2D eigenvalue weighted by atomic mass is 32.2. The molecule has 0 bridgehead atoms.